The summed E-state index contributed by atoms with van der Waals surface area (Å²) >= 11 is 0. The lowest BCUT2D eigenvalue weighted by molar-refractivity contribution is 0.102. The van der Waals surface area contributed by atoms with Crippen LogP contribution in [0.15, 0.2) is 53.6 Å². The SMILES string of the molecule is COc1ccccc1NC(=O)c1ccccc1NN=C(C#N)C#N. The second-order valence-corrected chi connectivity index (χ2v) is 4.50. The largest absolute Gasteiger partial charge is 0.495 e. The minimum atomic E-state index is -0.381. The smallest absolute Gasteiger partial charge is 0.257 e. The molecule has 0 aliphatic rings. The topological polar surface area (TPSA) is 110 Å². The summed E-state index contributed by atoms with van der Waals surface area (Å²) in [5.74, 6) is 0.152. The number of ether oxygens (including phenoxy) is 1. The molecule has 0 aliphatic carbocycles. The summed E-state index contributed by atoms with van der Waals surface area (Å²) < 4.78 is 5.20. The number of hydrogen-bond donors (Lipinski definition) is 2. The predicted molar refractivity (Wildman–Crippen MR) is 89.7 cm³/mol. The van der Waals surface area contributed by atoms with E-state index in [-0.39, 0.29) is 11.6 Å². The van der Waals surface area contributed by atoms with E-state index in [9.17, 15) is 4.79 Å². The van der Waals surface area contributed by atoms with Crippen LogP contribution < -0.4 is 15.5 Å². The van der Waals surface area contributed by atoms with Crippen molar-refractivity contribution in [1.29, 1.82) is 10.5 Å². The van der Waals surface area contributed by atoms with Gasteiger partial charge >= 0.3 is 0 Å². The molecule has 0 saturated carbocycles. The first kappa shape index (κ1) is 16.5. The van der Waals surface area contributed by atoms with E-state index < -0.39 is 0 Å². The van der Waals surface area contributed by atoms with E-state index in [0.717, 1.165) is 0 Å². The van der Waals surface area contributed by atoms with Crippen LogP contribution in [0.2, 0.25) is 0 Å². The molecule has 2 aromatic rings. The maximum Gasteiger partial charge on any atom is 0.257 e. The zero-order valence-corrected chi connectivity index (χ0v) is 12.8. The molecule has 0 aliphatic heterocycles. The fourth-order valence-corrected chi connectivity index (χ4v) is 1.91. The highest BCUT2D eigenvalue weighted by Gasteiger charge is 2.13. The molecule has 0 radical (unpaired) electrons. The Balaban J connectivity index is 2.26. The molecule has 24 heavy (non-hydrogen) atoms. The minimum absolute atomic E-state index is 0.308. The number of benzene rings is 2. The molecule has 0 heterocycles. The average Bonchev–Trinajstić information content (AvgIpc) is 2.63. The molecule has 1 amide bonds. The summed E-state index contributed by atoms with van der Waals surface area (Å²) in [7, 11) is 1.51. The van der Waals surface area contributed by atoms with E-state index in [1.54, 1.807) is 60.7 Å². The Morgan fingerprint density at radius 3 is 2.33 bits per heavy atom. The van der Waals surface area contributed by atoms with Crippen LogP contribution in [-0.2, 0) is 0 Å². The summed E-state index contributed by atoms with van der Waals surface area (Å²) in [6.45, 7) is 0. The molecule has 2 rings (SSSR count). The fraction of sp³-hybridized carbons (Fsp3) is 0.0588. The van der Waals surface area contributed by atoms with Crippen molar-refractivity contribution in [3.8, 4) is 17.9 Å². The van der Waals surface area contributed by atoms with Gasteiger partial charge in [0.2, 0.25) is 5.71 Å². The van der Waals surface area contributed by atoms with E-state index in [0.29, 0.717) is 22.7 Å². The molecule has 0 bridgehead atoms. The van der Waals surface area contributed by atoms with Gasteiger partial charge in [-0.15, -0.1) is 0 Å². The molecule has 7 heteroatoms. The number of para-hydroxylation sites is 3. The number of nitrogens with zero attached hydrogens (tertiary/aromatic N) is 3. The average molecular weight is 319 g/mol. The Morgan fingerprint density at radius 2 is 1.67 bits per heavy atom. The third kappa shape index (κ3) is 3.87. The van der Waals surface area contributed by atoms with Gasteiger partial charge in [0.1, 0.15) is 17.9 Å². The lowest BCUT2D eigenvalue weighted by Crippen LogP contribution is -2.14. The molecule has 7 nitrogen and oxygen atoms in total. The van der Waals surface area contributed by atoms with Gasteiger partial charge in [-0.05, 0) is 24.3 Å². The van der Waals surface area contributed by atoms with Crippen LogP contribution in [0, 0.1) is 22.7 Å². The summed E-state index contributed by atoms with van der Waals surface area (Å²) in [6.07, 6.45) is 0. The monoisotopic (exact) mass is 319 g/mol. The van der Waals surface area contributed by atoms with Gasteiger partial charge in [0.25, 0.3) is 5.91 Å². The molecule has 2 N–H and O–H groups in total. The summed E-state index contributed by atoms with van der Waals surface area (Å²) in [6, 6.07) is 16.9. The first-order valence-electron chi connectivity index (χ1n) is 6.87. The fourth-order valence-electron chi connectivity index (χ4n) is 1.91. The third-order valence-corrected chi connectivity index (χ3v) is 3.03. The van der Waals surface area contributed by atoms with Crippen LogP contribution in [0.4, 0.5) is 11.4 Å². The maximum absolute atomic E-state index is 12.5. The zero-order valence-electron chi connectivity index (χ0n) is 12.8. The minimum Gasteiger partial charge on any atom is -0.495 e. The van der Waals surface area contributed by atoms with E-state index in [4.69, 9.17) is 15.3 Å². The van der Waals surface area contributed by atoms with Crippen LogP contribution >= 0.6 is 0 Å². The summed E-state index contributed by atoms with van der Waals surface area (Å²) in [4.78, 5) is 12.5. The number of hydrogen-bond acceptors (Lipinski definition) is 6. The van der Waals surface area contributed by atoms with Crippen molar-refractivity contribution in [3.05, 3.63) is 54.1 Å². The number of anilines is 2. The molecule has 0 atom stereocenters. The third-order valence-electron chi connectivity index (χ3n) is 3.03. The van der Waals surface area contributed by atoms with Gasteiger partial charge in [0, 0.05) is 0 Å². The number of amides is 1. The highest BCUT2D eigenvalue weighted by Crippen LogP contribution is 2.25. The Bertz CT molecular complexity index is 846. The molecule has 0 aromatic heterocycles. The van der Waals surface area contributed by atoms with Gasteiger partial charge in [-0.1, -0.05) is 24.3 Å². The van der Waals surface area contributed by atoms with Crippen molar-refractivity contribution >= 4 is 23.0 Å². The van der Waals surface area contributed by atoms with Gasteiger partial charge < -0.3 is 10.1 Å². The normalized spacial score (nSPS) is 9.12. The standard InChI is InChI=1S/C17H13N5O2/c1-24-16-9-5-4-8-15(16)20-17(23)13-6-2-3-7-14(13)22-21-12(10-18)11-19/h2-9,22H,1H3,(H,20,23). The van der Waals surface area contributed by atoms with E-state index in [2.05, 4.69) is 15.8 Å². The van der Waals surface area contributed by atoms with Crippen molar-refractivity contribution in [3.63, 3.8) is 0 Å². The first-order valence-corrected chi connectivity index (χ1v) is 6.87. The number of hydrazone groups is 1. The molecular weight excluding hydrogens is 306 g/mol. The van der Waals surface area contributed by atoms with Crippen molar-refractivity contribution < 1.29 is 9.53 Å². The van der Waals surface area contributed by atoms with Crippen LogP contribution in [0.3, 0.4) is 0 Å². The first-order chi connectivity index (χ1) is 11.7. The van der Waals surface area contributed by atoms with Crippen LogP contribution in [0.5, 0.6) is 5.75 Å². The summed E-state index contributed by atoms with van der Waals surface area (Å²) in [5.41, 5.74) is 3.43. The molecule has 2 aromatic carbocycles. The second-order valence-electron chi connectivity index (χ2n) is 4.50. The molecule has 118 valence electrons. The number of nitrogens with one attached hydrogen (secondary N) is 2. The van der Waals surface area contributed by atoms with Crippen molar-refractivity contribution in [2.24, 2.45) is 5.10 Å². The van der Waals surface area contributed by atoms with Gasteiger partial charge in [-0.3, -0.25) is 10.2 Å². The molecule has 0 spiro atoms. The molecular formula is C17H13N5O2. The van der Waals surface area contributed by atoms with Gasteiger partial charge in [0.05, 0.1) is 24.0 Å². The number of nitriles is 2. The van der Waals surface area contributed by atoms with Gasteiger partial charge in [0.15, 0.2) is 0 Å². The van der Waals surface area contributed by atoms with Crippen LogP contribution in [0.25, 0.3) is 0 Å². The Kier molecular flexibility index (Phi) is 5.49. The number of carbonyl (C=O) groups excluding carboxylic acids is 1. The number of carbonyl (C=O) groups is 1. The van der Waals surface area contributed by atoms with Crippen molar-refractivity contribution in [1.82, 2.24) is 0 Å². The Labute approximate surface area is 138 Å². The second kappa shape index (κ2) is 7.97. The zero-order chi connectivity index (χ0) is 17.4. The lowest BCUT2D eigenvalue weighted by Gasteiger charge is -2.12. The van der Waals surface area contributed by atoms with Crippen molar-refractivity contribution in [2.75, 3.05) is 17.9 Å². The molecule has 0 fully saturated rings. The quantitative estimate of drug-likeness (QED) is 0.650. The number of methoxy groups -OCH3 is 1. The Morgan fingerprint density at radius 1 is 1.04 bits per heavy atom. The van der Waals surface area contributed by atoms with Crippen LogP contribution in [-0.4, -0.2) is 18.7 Å². The van der Waals surface area contributed by atoms with Gasteiger partial charge in [-0.2, -0.15) is 15.6 Å². The summed E-state index contributed by atoms with van der Waals surface area (Å²) in [5, 5.41) is 23.8. The maximum atomic E-state index is 12.5. The highest BCUT2D eigenvalue weighted by atomic mass is 16.5. The highest BCUT2D eigenvalue weighted by molar-refractivity contribution is 6.11. The van der Waals surface area contributed by atoms with E-state index >= 15 is 0 Å². The van der Waals surface area contributed by atoms with Crippen LogP contribution in [0.1, 0.15) is 10.4 Å². The van der Waals surface area contributed by atoms with Crippen molar-refractivity contribution in [2.45, 2.75) is 0 Å². The van der Waals surface area contributed by atoms with Gasteiger partial charge in [-0.25, -0.2) is 0 Å². The Hall–Kier alpha value is -3.84. The van der Waals surface area contributed by atoms with E-state index in [1.807, 2.05) is 0 Å². The van der Waals surface area contributed by atoms with E-state index in [1.165, 1.54) is 7.11 Å². The lowest BCUT2D eigenvalue weighted by atomic mass is 10.1. The predicted octanol–water partition coefficient (Wildman–Crippen LogP) is 2.76. The molecule has 0 saturated heterocycles. The number of rotatable bonds is 5. The molecule has 0 unspecified atom stereocenters.